The first-order chi connectivity index (χ1) is 14.2. The number of piperidine rings is 1. The van der Waals surface area contributed by atoms with Crippen LogP contribution < -0.4 is 15.2 Å². The maximum atomic E-state index is 12.0. The molecule has 144 valence electrons. The van der Waals surface area contributed by atoms with Crippen molar-refractivity contribution in [3.05, 3.63) is 95.0 Å². The Bertz CT molecular complexity index is 1030. The van der Waals surface area contributed by atoms with Crippen LogP contribution in [0.1, 0.15) is 22.4 Å². The van der Waals surface area contributed by atoms with Crippen molar-refractivity contribution in [2.24, 2.45) is 5.92 Å². The van der Waals surface area contributed by atoms with Crippen molar-refractivity contribution in [1.82, 2.24) is 10.6 Å². The molecule has 0 amide bonds. The fourth-order valence-corrected chi connectivity index (χ4v) is 4.86. The Morgan fingerprint density at radius 1 is 1.07 bits per heavy atom. The Kier molecular flexibility index (Phi) is 5.28. The summed E-state index contributed by atoms with van der Waals surface area (Å²) in [4.78, 5) is 0.702. The van der Waals surface area contributed by atoms with E-state index in [2.05, 4.69) is 16.7 Å². The number of rotatable bonds is 4. The summed E-state index contributed by atoms with van der Waals surface area (Å²) in [6.07, 6.45) is 5.97. The van der Waals surface area contributed by atoms with Gasteiger partial charge in [0.2, 0.25) is 6.04 Å². The molecule has 3 heterocycles. The second-order valence-electron chi connectivity index (χ2n) is 6.83. The van der Waals surface area contributed by atoms with E-state index >= 15 is 0 Å². The Morgan fingerprint density at radius 2 is 1.79 bits per heavy atom. The van der Waals surface area contributed by atoms with Gasteiger partial charge in [0.25, 0.3) is 0 Å². The molecule has 1 saturated heterocycles. The molecular formula is C22H19N5OS. The van der Waals surface area contributed by atoms with E-state index in [1.165, 1.54) is 11.3 Å². The lowest BCUT2D eigenvalue weighted by atomic mass is 9.71. The van der Waals surface area contributed by atoms with Gasteiger partial charge in [-0.15, -0.1) is 17.5 Å². The smallest absolute Gasteiger partial charge is 0.208 e. The first kappa shape index (κ1) is 19.1. The molecule has 6 nitrogen and oxygen atoms in total. The number of hydrogen-bond donors (Lipinski definition) is 3. The zero-order chi connectivity index (χ0) is 20.3. The van der Waals surface area contributed by atoms with E-state index in [9.17, 15) is 15.6 Å². The van der Waals surface area contributed by atoms with Gasteiger partial charge in [0.05, 0.1) is 4.88 Å². The normalized spacial score (nSPS) is 26.9. The molecule has 0 bridgehead atoms. The minimum absolute atomic E-state index is 0.299. The van der Waals surface area contributed by atoms with Gasteiger partial charge in [-0.3, -0.25) is 0 Å². The molecule has 4 atom stereocenters. The molecule has 0 spiro atoms. The average molecular weight is 401 g/mol. The Hall–Kier alpha value is -3.23. The molecule has 29 heavy (non-hydrogen) atoms. The second-order valence-corrected chi connectivity index (χ2v) is 7.78. The van der Waals surface area contributed by atoms with Gasteiger partial charge >= 0.3 is 0 Å². The van der Waals surface area contributed by atoms with Gasteiger partial charge in [0, 0.05) is 24.1 Å². The molecule has 1 aromatic carbocycles. The van der Waals surface area contributed by atoms with Crippen LogP contribution >= 0.6 is 11.3 Å². The van der Waals surface area contributed by atoms with Crippen molar-refractivity contribution in [1.29, 1.82) is 10.5 Å². The van der Waals surface area contributed by atoms with Crippen LogP contribution in [-0.2, 0) is 5.72 Å². The van der Waals surface area contributed by atoms with Crippen molar-refractivity contribution in [3.8, 4) is 12.3 Å². The van der Waals surface area contributed by atoms with Gasteiger partial charge in [0.15, 0.2) is 18.1 Å². The van der Waals surface area contributed by atoms with E-state index in [1.807, 2.05) is 89.2 Å². The van der Waals surface area contributed by atoms with Crippen LogP contribution in [0, 0.1) is 34.9 Å². The van der Waals surface area contributed by atoms with E-state index in [-0.39, 0.29) is 0 Å². The van der Waals surface area contributed by atoms with Crippen LogP contribution in [-0.4, -0.2) is 5.11 Å². The number of thiophene rings is 1. The number of nitrogens with zero attached hydrogens (tertiary/aromatic N) is 3. The highest BCUT2D eigenvalue weighted by Crippen LogP contribution is 2.49. The molecule has 0 unspecified atom stereocenters. The van der Waals surface area contributed by atoms with E-state index in [4.69, 9.17) is 0 Å². The quantitative estimate of drug-likeness (QED) is 0.270. The van der Waals surface area contributed by atoms with E-state index in [1.54, 1.807) is 0 Å². The molecule has 1 aliphatic heterocycles. The van der Waals surface area contributed by atoms with Gasteiger partial charge in [-0.2, -0.15) is 9.83 Å². The lowest BCUT2D eigenvalue weighted by Gasteiger charge is -2.54. The average Bonchev–Trinajstić information content (AvgIpc) is 3.31. The highest BCUT2D eigenvalue weighted by atomic mass is 32.1. The summed E-state index contributed by atoms with van der Waals surface area (Å²) in [5, 5.41) is 38.9. The molecule has 4 rings (SSSR count). The molecular weight excluding hydrogens is 382 g/mol. The molecule has 1 aliphatic rings. The Morgan fingerprint density at radius 3 is 2.41 bits per heavy atom. The van der Waals surface area contributed by atoms with Crippen LogP contribution in [0.15, 0.2) is 78.4 Å². The molecule has 3 aromatic rings. The fourth-order valence-electron chi connectivity index (χ4n) is 4.04. The largest absolute Gasteiger partial charge is 0.454 e. The monoisotopic (exact) mass is 401 g/mol. The highest BCUT2D eigenvalue weighted by molar-refractivity contribution is 7.10. The minimum atomic E-state index is -1.52. The van der Waals surface area contributed by atoms with Crippen molar-refractivity contribution in [2.45, 2.75) is 17.7 Å². The van der Waals surface area contributed by atoms with Crippen LogP contribution in [0.3, 0.4) is 0 Å². The number of nitriles is 2. The summed E-state index contributed by atoms with van der Waals surface area (Å²) in [5.41, 5.74) is -0.609. The first-order valence-corrected chi connectivity index (χ1v) is 10.0. The molecule has 2 aromatic heterocycles. The van der Waals surface area contributed by atoms with E-state index in [0.29, 0.717) is 11.0 Å². The topological polar surface area (TPSA) is 95.8 Å². The maximum absolute atomic E-state index is 12.0. The van der Waals surface area contributed by atoms with Crippen LogP contribution in [0.5, 0.6) is 0 Å². The molecule has 7 heteroatoms. The van der Waals surface area contributed by atoms with Gasteiger partial charge in [-0.25, -0.2) is 5.26 Å². The first-order valence-electron chi connectivity index (χ1n) is 9.16. The molecule has 3 N–H and O–H groups in total. The predicted molar refractivity (Wildman–Crippen MR) is 107 cm³/mol. The van der Waals surface area contributed by atoms with Crippen LogP contribution in [0.25, 0.3) is 0 Å². The highest BCUT2D eigenvalue weighted by Gasteiger charge is 2.55. The third-order valence-corrected chi connectivity index (χ3v) is 6.23. The Labute approximate surface area is 173 Å². The van der Waals surface area contributed by atoms with Gasteiger partial charge in [-0.05, 0) is 22.9 Å². The number of aliphatic hydroxyl groups is 1. The summed E-state index contributed by atoms with van der Waals surface area (Å²) < 4.78 is 1.93. The van der Waals surface area contributed by atoms with Crippen LogP contribution in [0.4, 0.5) is 0 Å². The van der Waals surface area contributed by atoms with Gasteiger partial charge < -0.3 is 15.7 Å². The van der Waals surface area contributed by atoms with Crippen molar-refractivity contribution >= 4 is 11.3 Å². The maximum Gasteiger partial charge on any atom is 0.208 e. The lowest BCUT2D eigenvalue weighted by Crippen LogP contribution is -2.67. The number of pyridine rings is 1. The summed E-state index contributed by atoms with van der Waals surface area (Å²) in [5.74, 6) is -1.08. The van der Waals surface area contributed by atoms with Gasteiger partial charge in [-0.1, -0.05) is 42.5 Å². The summed E-state index contributed by atoms with van der Waals surface area (Å²) in [6, 6.07) is 20.9. The number of nitrogens with one attached hydrogen (secondary N) is 2. The minimum Gasteiger partial charge on any atom is -0.454 e. The number of hydrogen-bond acceptors (Lipinski definition) is 6. The molecule has 0 radical (unpaired) electrons. The van der Waals surface area contributed by atoms with Crippen molar-refractivity contribution < 1.29 is 9.67 Å². The molecule has 0 aliphatic carbocycles. The Balaban J connectivity index is 1.96. The summed E-state index contributed by atoms with van der Waals surface area (Å²) in [6.45, 7) is 0. The third-order valence-electron chi connectivity index (χ3n) is 5.23. The van der Waals surface area contributed by atoms with Crippen molar-refractivity contribution in [2.75, 3.05) is 0 Å². The molecule has 1 fully saturated rings. The molecule has 0 saturated carbocycles. The van der Waals surface area contributed by atoms with Gasteiger partial charge in [0.1, 0.15) is 6.19 Å². The lowest BCUT2D eigenvalue weighted by molar-refractivity contribution is -0.746. The predicted octanol–water partition coefficient (Wildman–Crippen LogP) is 2.51. The van der Waals surface area contributed by atoms with Crippen molar-refractivity contribution in [3.63, 3.8) is 0 Å². The zero-order valence-electron chi connectivity index (χ0n) is 15.4. The number of aromatic nitrogens is 1. The summed E-state index contributed by atoms with van der Waals surface area (Å²) >= 11 is 1.42. The van der Waals surface area contributed by atoms with E-state index in [0.717, 1.165) is 5.56 Å². The SMILES string of the molecule is N#CN[C-]1N[C@@](O)(c2cccs2)[C@H]([n+]2ccccc2)[C@@H](c2ccccc2)[C@H]1C#N. The fraction of sp³-hybridized carbons (Fsp3) is 0.182. The van der Waals surface area contributed by atoms with Crippen LogP contribution in [0.2, 0.25) is 0 Å². The number of benzene rings is 1. The summed E-state index contributed by atoms with van der Waals surface area (Å²) in [7, 11) is 0. The zero-order valence-corrected chi connectivity index (χ0v) is 16.3. The van der Waals surface area contributed by atoms with E-state index < -0.39 is 23.6 Å². The third kappa shape index (κ3) is 3.37. The standard InChI is InChI=1S/C22H19N5OS/c23-14-17-19(16-8-3-1-4-9-16)20(27-11-5-2-6-12-27)22(28,18-10-7-13-29-18)26-21(17)25-15-24/h1-13,17,19-20,25-26,28H/t17-,19+,20-,22-/m1/s1. The second kappa shape index (κ2) is 8.02.